The quantitative estimate of drug-likeness (QED) is 0.909. The molecule has 4 rings (SSSR count). The van der Waals surface area contributed by atoms with Crippen LogP contribution in [0.2, 0.25) is 0 Å². The van der Waals surface area contributed by atoms with Crippen molar-refractivity contribution in [3.63, 3.8) is 0 Å². The van der Waals surface area contributed by atoms with Crippen molar-refractivity contribution in [2.45, 2.75) is 37.6 Å². The smallest absolute Gasteiger partial charge is 0.246 e. The maximum absolute atomic E-state index is 12.7. The molecule has 2 amide bonds. The van der Waals surface area contributed by atoms with Crippen LogP contribution < -0.4 is 10.2 Å². The lowest BCUT2D eigenvalue weighted by Gasteiger charge is -2.24. The lowest BCUT2D eigenvalue weighted by molar-refractivity contribution is -0.125. The van der Waals surface area contributed by atoms with Crippen molar-refractivity contribution in [3.05, 3.63) is 42.5 Å². The fraction of sp³-hybridized carbons (Fsp3) is 0.444. The summed E-state index contributed by atoms with van der Waals surface area (Å²) in [5.74, 6) is -0.315. The van der Waals surface area contributed by atoms with Crippen molar-refractivity contribution in [2.75, 3.05) is 18.0 Å². The van der Waals surface area contributed by atoms with Crippen LogP contribution in [0.3, 0.4) is 0 Å². The van der Waals surface area contributed by atoms with Crippen molar-refractivity contribution >= 4 is 17.5 Å². The summed E-state index contributed by atoms with van der Waals surface area (Å²) < 4.78 is 1.43. The Balaban J connectivity index is 1.43. The van der Waals surface area contributed by atoms with Crippen molar-refractivity contribution < 1.29 is 9.59 Å². The third-order valence-electron chi connectivity index (χ3n) is 5.30. The molecule has 7 nitrogen and oxygen atoms in total. The van der Waals surface area contributed by atoms with Gasteiger partial charge in [0.15, 0.2) is 0 Å². The number of benzene rings is 1. The Morgan fingerprint density at radius 1 is 1.20 bits per heavy atom. The van der Waals surface area contributed by atoms with Gasteiger partial charge in [-0.05, 0) is 24.5 Å². The molecule has 130 valence electrons. The van der Waals surface area contributed by atoms with Crippen molar-refractivity contribution in [2.24, 2.45) is 0 Å². The molecule has 0 unspecified atom stereocenters. The molecule has 0 atom stereocenters. The minimum atomic E-state index is -0.248. The van der Waals surface area contributed by atoms with E-state index in [-0.39, 0.29) is 30.3 Å². The first-order chi connectivity index (χ1) is 12.2. The van der Waals surface area contributed by atoms with Crippen LogP contribution in [0.25, 0.3) is 0 Å². The zero-order chi connectivity index (χ0) is 17.3. The second-order valence-electron chi connectivity index (χ2n) is 6.85. The summed E-state index contributed by atoms with van der Waals surface area (Å²) in [6, 6.07) is 8.18. The first kappa shape index (κ1) is 15.8. The molecule has 2 aliphatic rings. The third-order valence-corrected chi connectivity index (χ3v) is 5.30. The van der Waals surface area contributed by atoms with Crippen LogP contribution in [0.4, 0.5) is 5.69 Å². The van der Waals surface area contributed by atoms with Gasteiger partial charge in [0.25, 0.3) is 0 Å². The number of nitrogens with zero attached hydrogens (tertiary/aromatic N) is 4. The summed E-state index contributed by atoms with van der Waals surface area (Å²) in [4.78, 5) is 30.3. The summed E-state index contributed by atoms with van der Waals surface area (Å²) >= 11 is 0. The van der Waals surface area contributed by atoms with Gasteiger partial charge in [-0.25, -0.2) is 9.67 Å². The second-order valence-corrected chi connectivity index (χ2v) is 6.85. The maximum Gasteiger partial charge on any atom is 0.246 e. The van der Waals surface area contributed by atoms with Gasteiger partial charge in [-0.3, -0.25) is 9.59 Å². The molecule has 25 heavy (non-hydrogen) atoms. The van der Waals surface area contributed by atoms with Crippen LogP contribution in [-0.4, -0.2) is 39.7 Å². The Kier molecular flexibility index (Phi) is 3.99. The van der Waals surface area contributed by atoms with Gasteiger partial charge < -0.3 is 10.2 Å². The summed E-state index contributed by atoms with van der Waals surface area (Å²) in [6.45, 7) is 0.788. The number of nitrogens with one attached hydrogen (secondary N) is 1. The molecule has 0 saturated heterocycles. The number of carbonyl (C=O) groups is 2. The summed E-state index contributed by atoms with van der Waals surface area (Å²) in [5, 5.41) is 6.58. The molecule has 1 N–H and O–H groups in total. The number of aromatic nitrogens is 3. The Bertz CT molecular complexity index is 781. The highest BCUT2D eigenvalue weighted by molar-refractivity contribution is 5.99. The van der Waals surface area contributed by atoms with Crippen LogP contribution in [0.5, 0.6) is 0 Å². The van der Waals surface area contributed by atoms with Crippen LogP contribution in [-0.2, 0) is 21.5 Å². The van der Waals surface area contributed by atoms with Gasteiger partial charge in [0, 0.05) is 17.6 Å². The van der Waals surface area contributed by atoms with Gasteiger partial charge in [-0.1, -0.05) is 31.0 Å². The Labute approximate surface area is 146 Å². The summed E-state index contributed by atoms with van der Waals surface area (Å²) in [6.07, 6.45) is 7.54. The molecule has 1 aromatic heterocycles. The van der Waals surface area contributed by atoms with Gasteiger partial charge >= 0.3 is 0 Å². The number of fused-ring (bicyclic) bond motifs is 2. The average Bonchev–Trinajstić information content (AvgIpc) is 3.36. The molecule has 1 fully saturated rings. The molecular formula is C18H21N5O2. The molecule has 1 saturated carbocycles. The zero-order valence-electron chi connectivity index (χ0n) is 14.0. The van der Waals surface area contributed by atoms with Gasteiger partial charge in [0.1, 0.15) is 19.2 Å². The molecule has 0 radical (unpaired) electrons. The monoisotopic (exact) mass is 339 g/mol. The number of hydrogen-bond donors (Lipinski definition) is 1. The van der Waals surface area contributed by atoms with Crippen molar-refractivity contribution in [1.82, 2.24) is 20.1 Å². The molecular weight excluding hydrogens is 318 g/mol. The third kappa shape index (κ3) is 2.90. The molecule has 2 heterocycles. The fourth-order valence-electron chi connectivity index (χ4n) is 4.12. The standard InChI is InChI=1S/C18H21N5O2/c24-16(10-22-13-19-12-21-22)20-9-17(25)23-11-18(7-3-4-8-18)14-5-1-2-6-15(14)23/h1-2,5-6,12-13H,3-4,7-11H2,(H,20,24). The first-order valence-electron chi connectivity index (χ1n) is 8.67. The minimum absolute atomic E-state index is 0.00204. The van der Waals surface area contributed by atoms with Gasteiger partial charge in [0.05, 0.1) is 6.54 Å². The fourth-order valence-corrected chi connectivity index (χ4v) is 4.12. The molecule has 1 aliphatic carbocycles. The Morgan fingerprint density at radius 2 is 2.00 bits per heavy atom. The molecule has 2 aromatic rings. The number of rotatable bonds is 4. The highest BCUT2D eigenvalue weighted by Gasteiger charge is 2.45. The van der Waals surface area contributed by atoms with E-state index in [1.165, 1.54) is 35.7 Å². The van der Waals surface area contributed by atoms with E-state index in [9.17, 15) is 9.59 Å². The van der Waals surface area contributed by atoms with E-state index < -0.39 is 0 Å². The van der Waals surface area contributed by atoms with Gasteiger partial charge in [-0.15, -0.1) is 0 Å². The van der Waals surface area contributed by atoms with E-state index in [0.717, 1.165) is 25.1 Å². The largest absolute Gasteiger partial charge is 0.345 e. The normalized spacial score (nSPS) is 17.7. The van der Waals surface area contributed by atoms with Crippen molar-refractivity contribution in [3.8, 4) is 0 Å². The van der Waals surface area contributed by atoms with Gasteiger partial charge in [-0.2, -0.15) is 5.10 Å². The van der Waals surface area contributed by atoms with Crippen molar-refractivity contribution in [1.29, 1.82) is 0 Å². The lowest BCUT2D eigenvalue weighted by atomic mass is 9.81. The second kappa shape index (κ2) is 6.31. The molecule has 1 aromatic carbocycles. The topological polar surface area (TPSA) is 80.1 Å². The van der Waals surface area contributed by atoms with Crippen LogP contribution in [0, 0.1) is 0 Å². The van der Waals surface area contributed by atoms with E-state index in [1.807, 2.05) is 23.1 Å². The van der Waals surface area contributed by atoms with Crippen LogP contribution >= 0.6 is 0 Å². The lowest BCUT2D eigenvalue weighted by Crippen LogP contribution is -2.42. The van der Waals surface area contributed by atoms with E-state index in [4.69, 9.17) is 0 Å². The molecule has 1 spiro atoms. The SMILES string of the molecule is O=C(Cn1cncn1)NCC(=O)N1CC2(CCCC2)c2ccccc21. The Hall–Kier alpha value is -2.70. The average molecular weight is 339 g/mol. The van der Waals surface area contributed by atoms with E-state index in [0.29, 0.717) is 0 Å². The van der Waals surface area contributed by atoms with Gasteiger partial charge in [0.2, 0.25) is 11.8 Å². The van der Waals surface area contributed by atoms with E-state index >= 15 is 0 Å². The zero-order valence-corrected chi connectivity index (χ0v) is 14.0. The first-order valence-corrected chi connectivity index (χ1v) is 8.67. The molecule has 1 aliphatic heterocycles. The number of amides is 2. The summed E-state index contributed by atoms with van der Waals surface area (Å²) in [5.41, 5.74) is 2.39. The maximum atomic E-state index is 12.7. The summed E-state index contributed by atoms with van der Waals surface area (Å²) in [7, 11) is 0. The number of carbonyl (C=O) groups excluding carboxylic acids is 2. The van der Waals surface area contributed by atoms with E-state index in [2.05, 4.69) is 21.5 Å². The predicted molar refractivity (Wildman–Crippen MR) is 92.0 cm³/mol. The number of para-hydroxylation sites is 1. The van der Waals surface area contributed by atoms with Crippen LogP contribution in [0.15, 0.2) is 36.9 Å². The van der Waals surface area contributed by atoms with Crippen LogP contribution in [0.1, 0.15) is 31.2 Å². The number of hydrogen-bond acceptors (Lipinski definition) is 4. The predicted octanol–water partition coefficient (Wildman–Crippen LogP) is 1.25. The Morgan fingerprint density at radius 3 is 2.76 bits per heavy atom. The highest BCUT2D eigenvalue weighted by atomic mass is 16.2. The minimum Gasteiger partial charge on any atom is -0.345 e. The molecule has 7 heteroatoms. The molecule has 0 bridgehead atoms. The van der Waals surface area contributed by atoms with E-state index in [1.54, 1.807) is 0 Å². The number of anilines is 1. The highest BCUT2D eigenvalue weighted by Crippen LogP contribution is 2.50.